The summed E-state index contributed by atoms with van der Waals surface area (Å²) in [6, 6.07) is 10.6. The number of carbonyl (C=O) groups excluding carboxylic acids is 2. The van der Waals surface area contributed by atoms with Crippen molar-refractivity contribution in [3.05, 3.63) is 48.0 Å². The van der Waals surface area contributed by atoms with Gasteiger partial charge in [0.15, 0.2) is 0 Å². The van der Waals surface area contributed by atoms with E-state index in [0.717, 1.165) is 0 Å². The summed E-state index contributed by atoms with van der Waals surface area (Å²) in [5, 5.41) is 5.43. The summed E-state index contributed by atoms with van der Waals surface area (Å²) in [6.45, 7) is 4.09. The van der Waals surface area contributed by atoms with Gasteiger partial charge in [-0.05, 0) is 37.1 Å². The molecule has 3 atom stereocenters. The van der Waals surface area contributed by atoms with Crippen molar-refractivity contribution < 1.29 is 37.0 Å². The van der Waals surface area contributed by atoms with Crippen LogP contribution in [0.3, 0.4) is 0 Å². The van der Waals surface area contributed by atoms with Crippen molar-refractivity contribution in [1.82, 2.24) is 9.80 Å². The maximum absolute atomic E-state index is 13.4. The van der Waals surface area contributed by atoms with Gasteiger partial charge >= 0.3 is 12.2 Å². The molecule has 40 heavy (non-hydrogen) atoms. The fraction of sp³-hybridized carbons (Fsp3) is 0.500. The third-order valence-electron chi connectivity index (χ3n) is 6.84. The van der Waals surface area contributed by atoms with Crippen molar-refractivity contribution in [2.24, 2.45) is 5.92 Å². The number of anilines is 2. The van der Waals surface area contributed by atoms with E-state index in [2.05, 4.69) is 10.6 Å². The highest BCUT2D eigenvalue weighted by Gasteiger charge is 2.32. The van der Waals surface area contributed by atoms with Gasteiger partial charge in [0.05, 0.1) is 25.2 Å². The Hall–Kier alpha value is -3.51. The van der Waals surface area contributed by atoms with Crippen LogP contribution in [0.4, 0.5) is 29.3 Å². The van der Waals surface area contributed by atoms with Gasteiger partial charge in [-0.1, -0.05) is 13.0 Å². The molecule has 2 N–H and O–H groups in total. The van der Waals surface area contributed by atoms with E-state index in [9.17, 15) is 22.8 Å². The number of nitrogens with zero attached hydrogens (tertiary/aromatic N) is 2. The van der Waals surface area contributed by atoms with Crippen molar-refractivity contribution in [1.29, 1.82) is 0 Å². The number of amides is 3. The number of methoxy groups -OCH3 is 2. The van der Waals surface area contributed by atoms with Gasteiger partial charge in [-0.15, -0.1) is 0 Å². The molecular weight excluding hydrogens is 529 g/mol. The Morgan fingerprint density at radius 1 is 1.07 bits per heavy atom. The van der Waals surface area contributed by atoms with E-state index in [1.165, 1.54) is 25.2 Å². The highest BCUT2D eigenvalue weighted by Crippen LogP contribution is 2.28. The van der Waals surface area contributed by atoms with Gasteiger partial charge in [-0.25, -0.2) is 4.79 Å². The van der Waals surface area contributed by atoms with Crippen LogP contribution in [0.25, 0.3) is 0 Å². The topological polar surface area (TPSA) is 92.4 Å². The van der Waals surface area contributed by atoms with Gasteiger partial charge < -0.3 is 29.7 Å². The molecule has 0 aromatic heterocycles. The summed E-state index contributed by atoms with van der Waals surface area (Å²) < 4.78 is 56.0. The molecule has 0 aliphatic carbocycles. The molecule has 2 aromatic carbocycles. The van der Waals surface area contributed by atoms with E-state index >= 15 is 0 Å². The minimum Gasteiger partial charge on any atom is -0.497 e. The van der Waals surface area contributed by atoms with Crippen molar-refractivity contribution >= 4 is 23.3 Å². The molecule has 220 valence electrons. The molecule has 3 rings (SSSR count). The van der Waals surface area contributed by atoms with Crippen molar-refractivity contribution in [2.45, 2.75) is 38.6 Å². The lowest BCUT2D eigenvalue weighted by Crippen LogP contribution is -2.47. The van der Waals surface area contributed by atoms with Crippen LogP contribution in [-0.2, 0) is 4.74 Å². The molecule has 1 aliphatic rings. The third-order valence-corrected chi connectivity index (χ3v) is 6.84. The second-order valence-corrected chi connectivity index (χ2v) is 9.98. The van der Waals surface area contributed by atoms with Crippen molar-refractivity contribution in [2.75, 3.05) is 58.1 Å². The number of urea groups is 1. The summed E-state index contributed by atoms with van der Waals surface area (Å²) >= 11 is 0. The molecule has 0 spiro atoms. The number of fused-ring (bicyclic) bond motifs is 1. The first-order valence-corrected chi connectivity index (χ1v) is 13.0. The molecule has 0 bridgehead atoms. The number of hydrogen-bond donors (Lipinski definition) is 2. The van der Waals surface area contributed by atoms with Gasteiger partial charge in [0.1, 0.15) is 18.1 Å². The molecule has 0 unspecified atom stereocenters. The monoisotopic (exact) mass is 566 g/mol. The smallest absolute Gasteiger partial charge is 0.390 e. The lowest BCUT2D eigenvalue weighted by Gasteiger charge is -2.36. The molecule has 3 amide bonds. The van der Waals surface area contributed by atoms with Crippen molar-refractivity contribution in [3.8, 4) is 11.5 Å². The average molecular weight is 567 g/mol. The Morgan fingerprint density at radius 3 is 2.42 bits per heavy atom. The van der Waals surface area contributed by atoms with Crippen LogP contribution in [0.2, 0.25) is 0 Å². The number of nitrogens with one attached hydrogen (secondary N) is 2. The Bertz CT molecular complexity index is 1160. The maximum atomic E-state index is 13.4. The van der Waals surface area contributed by atoms with Crippen molar-refractivity contribution in [3.63, 3.8) is 0 Å². The molecule has 2 aromatic rings. The Kier molecular flexibility index (Phi) is 10.6. The molecule has 0 fully saturated rings. The Balaban J connectivity index is 1.85. The molecule has 12 heteroatoms. The van der Waals surface area contributed by atoms with E-state index in [4.69, 9.17) is 14.2 Å². The van der Waals surface area contributed by atoms with E-state index in [-0.39, 0.29) is 48.9 Å². The van der Waals surface area contributed by atoms with Crippen LogP contribution in [0, 0.1) is 5.92 Å². The molecule has 1 aliphatic heterocycles. The standard InChI is InChI=1S/C28H37F3N4O5/c1-18-15-35(12-11-28(29,30)31)19(2)17-40-24-14-21(9-10-23(24)26(36)34(3)16-25(18)39-5)33-27(37)32-20-7-6-8-22(13-20)38-4/h6-10,13-14,18-19,25H,11-12,15-17H2,1-5H3,(H2,32,33,37)/t18-,19-,25-/m1/s1. The Morgan fingerprint density at radius 2 is 1.77 bits per heavy atom. The summed E-state index contributed by atoms with van der Waals surface area (Å²) in [4.78, 5) is 29.2. The van der Waals surface area contributed by atoms with Gasteiger partial charge in [-0.2, -0.15) is 13.2 Å². The fourth-order valence-electron chi connectivity index (χ4n) is 4.50. The van der Waals surface area contributed by atoms with Crippen LogP contribution in [0.15, 0.2) is 42.5 Å². The van der Waals surface area contributed by atoms with Crippen LogP contribution < -0.4 is 20.1 Å². The third kappa shape index (κ3) is 8.75. The average Bonchev–Trinajstić information content (AvgIpc) is 2.91. The highest BCUT2D eigenvalue weighted by atomic mass is 19.4. The molecular formula is C28H37F3N4O5. The largest absolute Gasteiger partial charge is 0.497 e. The molecule has 0 radical (unpaired) electrons. The van der Waals surface area contributed by atoms with E-state index in [1.807, 2.05) is 6.92 Å². The minimum atomic E-state index is -4.29. The second-order valence-electron chi connectivity index (χ2n) is 9.98. The first kappa shape index (κ1) is 31.0. The number of rotatable bonds is 6. The zero-order valence-electron chi connectivity index (χ0n) is 23.4. The summed E-state index contributed by atoms with van der Waals surface area (Å²) in [5.74, 6) is 0.335. The first-order chi connectivity index (χ1) is 18.9. The van der Waals surface area contributed by atoms with Gasteiger partial charge in [0.2, 0.25) is 0 Å². The number of alkyl halides is 3. The predicted octanol–water partition coefficient (Wildman–Crippen LogP) is 5.10. The summed E-state index contributed by atoms with van der Waals surface area (Å²) in [5.41, 5.74) is 1.15. The van der Waals surface area contributed by atoms with Crippen LogP contribution in [-0.4, -0.2) is 87.6 Å². The van der Waals surface area contributed by atoms with Gasteiger partial charge in [0, 0.05) is 63.3 Å². The normalized spacial score (nSPS) is 20.9. The SMILES string of the molecule is COc1cccc(NC(=O)Nc2ccc3c(c2)OC[C@@H](C)N(CCC(F)(F)F)C[C@@H](C)[C@H](OC)CN(C)C3=O)c1. The lowest BCUT2D eigenvalue weighted by atomic mass is 10.0. The van der Waals surface area contributed by atoms with E-state index in [0.29, 0.717) is 23.7 Å². The van der Waals surface area contributed by atoms with Gasteiger partial charge in [-0.3, -0.25) is 9.69 Å². The molecule has 1 heterocycles. The predicted molar refractivity (Wildman–Crippen MR) is 146 cm³/mol. The molecule has 0 saturated carbocycles. The lowest BCUT2D eigenvalue weighted by molar-refractivity contribution is -0.140. The number of likely N-dealkylation sites (N-methyl/N-ethyl adjacent to an activating group) is 1. The number of carbonyl (C=O) groups is 2. The zero-order valence-corrected chi connectivity index (χ0v) is 23.4. The number of benzene rings is 2. The number of ether oxygens (including phenoxy) is 3. The van der Waals surface area contributed by atoms with Crippen LogP contribution in [0.5, 0.6) is 11.5 Å². The zero-order chi connectivity index (χ0) is 29.4. The maximum Gasteiger partial charge on any atom is 0.390 e. The quantitative estimate of drug-likeness (QED) is 0.506. The van der Waals surface area contributed by atoms with Crippen LogP contribution in [0.1, 0.15) is 30.6 Å². The fourth-order valence-corrected chi connectivity index (χ4v) is 4.50. The summed E-state index contributed by atoms with van der Waals surface area (Å²) in [7, 11) is 4.69. The minimum absolute atomic E-state index is 0.0334. The van der Waals surface area contributed by atoms with Gasteiger partial charge in [0.25, 0.3) is 5.91 Å². The highest BCUT2D eigenvalue weighted by molar-refractivity contribution is 6.01. The first-order valence-electron chi connectivity index (χ1n) is 13.0. The molecule has 0 saturated heterocycles. The van der Waals surface area contributed by atoms with Crippen LogP contribution >= 0.6 is 0 Å². The van der Waals surface area contributed by atoms with E-state index in [1.54, 1.807) is 55.3 Å². The molecule has 9 nitrogen and oxygen atoms in total. The van der Waals surface area contributed by atoms with E-state index < -0.39 is 24.7 Å². The second kappa shape index (κ2) is 13.7. The summed E-state index contributed by atoms with van der Waals surface area (Å²) in [6.07, 6.45) is -5.63. The number of hydrogen-bond acceptors (Lipinski definition) is 6. The number of halogens is 3. The Labute approximate surface area is 232 Å².